The second-order valence-corrected chi connectivity index (χ2v) is 3.95. The molecule has 4 rings (SSSR count). The number of urea groups is 1. The molecule has 1 aliphatic carbocycles. The lowest BCUT2D eigenvalue weighted by atomic mass is 9.72. The van der Waals surface area contributed by atoms with Crippen LogP contribution in [0.15, 0.2) is 18.3 Å². The number of hydrogen-bond donors (Lipinski definition) is 1. The van der Waals surface area contributed by atoms with Crippen LogP contribution < -0.4 is 10.6 Å². The third-order valence-corrected chi connectivity index (χ3v) is 3.20. The van der Waals surface area contributed by atoms with E-state index in [-0.39, 0.29) is 6.03 Å². The van der Waals surface area contributed by atoms with Gasteiger partial charge in [0, 0.05) is 12.2 Å². The fourth-order valence-corrected chi connectivity index (χ4v) is 2.44. The Labute approximate surface area is 81.7 Å². The minimum atomic E-state index is -0.381. The lowest BCUT2D eigenvalue weighted by molar-refractivity contribution is 0.238. The zero-order chi connectivity index (χ0) is 9.71. The molecule has 3 heterocycles. The highest BCUT2D eigenvalue weighted by Gasteiger charge is 2.44. The molecule has 2 bridgehead atoms. The SMILES string of the molecule is NC(=O)N1c2ncccc2C2CC1C2. The topological polar surface area (TPSA) is 59.2 Å². The van der Waals surface area contributed by atoms with Gasteiger partial charge in [-0.1, -0.05) is 6.07 Å². The van der Waals surface area contributed by atoms with Crippen molar-refractivity contribution >= 4 is 11.8 Å². The third-order valence-electron chi connectivity index (χ3n) is 3.20. The van der Waals surface area contributed by atoms with Crippen LogP contribution in [0.2, 0.25) is 0 Å². The summed E-state index contributed by atoms with van der Waals surface area (Å²) in [5, 5.41) is 0. The summed E-state index contributed by atoms with van der Waals surface area (Å²) in [5.41, 5.74) is 6.52. The minimum Gasteiger partial charge on any atom is -0.351 e. The average Bonchev–Trinajstić information content (AvgIpc) is 2.14. The Bertz CT molecular complexity index is 398. The normalized spacial score (nSPS) is 27.9. The van der Waals surface area contributed by atoms with Crippen LogP contribution in [0.4, 0.5) is 10.6 Å². The van der Waals surface area contributed by atoms with Gasteiger partial charge in [0.1, 0.15) is 5.82 Å². The summed E-state index contributed by atoms with van der Waals surface area (Å²) in [7, 11) is 0. The van der Waals surface area contributed by atoms with Crippen LogP contribution in [0.25, 0.3) is 0 Å². The molecule has 0 atom stereocenters. The van der Waals surface area contributed by atoms with Gasteiger partial charge >= 0.3 is 6.03 Å². The van der Waals surface area contributed by atoms with Crippen LogP contribution in [-0.4, -0.2) is 17.1 Å². The molecule has 1 aromatic rings. The Morgan fingerprint density at radius 2 is 2.36 bits per heavy atom. The van der Waals surface area contributed by atoms with E-state index in [1.54, 1.807) is 11.1 Å². The van der Waals surface area contributed by atoms with E-state index >= 15 is 0 Å². The number of hydrogen-bond acceptors (Lipinski definition) is 2. The first-order valence-corrected chi connectivity index (χ1v) is 4.81. The van der Waals surface area contributed by atoms with E-state index < -0.39 is 0 Å². The molecule has 1 saturated carbocycles. The van der Waals surface area contributed by atoms with Gasteiger partial charge in [-0.2, -0.15) is 0 Å². The number of nitrogens with two attached hydrogens (primary N) is 1. The van der Waals surface area contributed by atoms with Crippen LogP contribution in [0, 0.1) is 0 Å². The first kappa shape index (κ1) is 7.79. The van der Waals surface area contributed by atoms with E-state index in [9.17, 15) is 4.79 Å². The van der Waals surface area contributed by atoms with Gasteiger partial charge in [0.05, 0.1) is 0 Å². The van der Waals surface area contributed by atoms with Gasteiger partial charge in [-0.05, 0) is 30.4 Å². The molecule has 4 heteroatoms. The molecule has 0 spiro atoms. The summed E-state index contributed by atoms with van der Waals surface area (Å²) >= 11 is 0. The Morgan fingerprint density at radius 3 is 3.07 bits per heavy atom. The maximum Gasteiger partial charge on any atom is 0.320 e. The monoisotopic (exact) mass is 189 g/mol. The lowest BCUT2D eigenvalue weighted by Gasteiger charge is -2.48. The molecule has 0 unspecified atom stereocenters. The van der Waals surface area contributed by atoms with Crippen molar-refractivity contribution < 1.29 is 4.79 Å². The number of pyridine rings is 1. The zero-order valence-corrected chi connectivity index (χ0v) is 7.68. The lowest BCUT2D eigenvalue weighted by Crippen LogP contribution is -2.54. The second-order valence-electron chi connectivity index (χ2n) is 3.95. The van der Waals surface area contributed by atoms with E-state index in [0.29, 0.717) is 12.0 Å². The number of rotatable bonds is 0. The Morgan fingerprint density at radius 1 is 1.57 bits per heavy atom. The summed E-state index contributed by atoms with van der Waals surface area (Å²) in [5.74, 6) is 1.37. The number of carbonyl (C=O) groups is 1. The molecule has 0 radical (unpaired) electrons. The van der Waals surface area contributed by atoms with Crippen LogP contribution in [0.1, 0.15) is 24.3 Å². The fraction of sp³-hybridized carbons (Fsp3) is 0.400. The minimum absolute atomic E-state index is 0.292. The molecule has 0 saturated heterocycles. The van der Waals surface area contributed by atoms with Crippen molar-refractivity contribution in [3.63, 3.8) is 0 Å². The van der Waals surface area contributed by atoms with Crippen LogP contribution in [0.5, 0.6) is 0 Å². The van der Waals surface area contributed by atoms with Crippen LogP contribution in [0.3, 0.4) is 0 Å². The predicted molar refractivity (Wildman–Crippen MR) is 52.1 cm³/mol. The highest BCUT2D eigenvalue weighted by Crippen LogP contribution is 2.49. The summed E-state index contributed by atoms with van der Waals surface area (Å²) in [6.45, 7) is 0. The van der Waals surface area contributed by atoms with Crippen molar-refractivity contribution in [1.29, 1.82) is 0 Å². The van der Waals surface area contributed by atoms with Gasteiger partial charge in [0.25, 0.3) is 0 Å². The van der Waals surface area contributed by atoms with Gasteiger partial charge < -0.3 is 5.73 Å². The molecule has 1 fully saturated rings. The van der Waals surface area contributed by atoms with E-state index in [0.717, 1.165) is 18.7 Å². The van der Waals surface area contributed by atoms with Crippen molar-refractivity contribution in [1.82, 2.24) is 4.98 Å². The van der Waals surface area contributed by atoms with Crippen molar-refractivity contribution in [3.8, 4) is 0 Å². The van der Waals surface area contributed by atoms with Gasteiger partial charge in [-0.15, -0.1) is 0 Å². The number of anilines is 1. The molecular formula is C10H11N3O. The Balaban J connectivity index is 2.14. The molecule has 1 aromatic heterocycles. The summed E-state index contributed by atoms with van der Waals surface area (Å²) in [6, 6.07) is 3.86. The summed E-state index contributed by atoms with van der Waals surface area (Å²) < 4.78 is 0. The highest BCUT2D eigenvalue weighted by molar-refractivity contribution is 5.92. The third kappa shape index (κ3) is 0.828. The fourth-order valence-electron chi connectivity index (χ4n) is 2.44. The van der Waals surface area contributed by atoms with Crippen LogP contribution in [-0.2, 0) is 0 Å². The van der Waals surface area contributed by atoms with Crippen molar-refractivity contribution in [2.45, 2.75) is 24.8 Å². The molecule has 14 heavy (non-hydrogen) atoms. The molecule has 2 N–H and O–H groups in total. The van der Waals surface area contributed by atoms with Gasteiger partial charge in [-0.25, -0.2) is 9.78 Å². The van der Waals surface area contributed by atoms with Crippen molar-refractivity contribution in [3.05, 3.63) is 23.9 Å². The predicted octanol–water partition coefficient (Wildman–Crippen LogP) is 1.23. The number of aromatic nitrogens is 1. The quantitative estimate of drug-likeness (QED) is 0.667. The zero-order valence-electron chi connectivity index (χ0n) is 7.68. The molecule has 3 aliphatic rings. The molecule has 0 aromatic carbocycles. The highest BCUT2D eigenvalue weighted by atomic mass is 16.2. The number of carbonyl (C=O) groups excluding carboxylic acids is 1. The van der Waals surface area contributed by atoms with E-state index in [1.165, 1.54) is 5.56 Å². The van der Waals surface area contributed by atoms with Gasteiger partial charge in [-0.3, -0.25) is 4.90 Å². The smallest absolute Gasteiger partial charge is 0.320 e. The first-order valence-electron chi connectivity index (χ1n) is 4.81. The summed E-state index contributed by atoms with van der Waals surface area (Å²) in [4.78, 5) is 17.1. The second kappa shape index (κ2) is 2.47. The van der Waals surface area contributed by atoms with Gasteiger partial charge in [0.15, 0.2) is 0 Å². The van der Waals surface area contributed by atoms with E-state index in [4.69, 9.17) is 5.73 Å². The standard InChI is InChI=1S/C10H11N3O/c11-10(14)13-7-4-6(5-7)8-2-1-3-12-9(8)13/h1-3,6-7H,4-5H2,(H2,11,14). The average molecular weight is 189 g/mol. The Kier molecular flexibility index (Phi) is 1.37. The molecular weight excluding hydrogens is 178 g/mol. The summed E-state index contributed by atoms with van der Waals surface area (Å²) in [6.07, 6.45) is 3.79. The largest absolute Gasteiger partial charge is 0.351 e. The van der Waals surface area contributed by atoms with Crippen molar-refractivity contribution in [2.24, 2.45) is 5.73 Å². The van der Waals surface area contributed by atoms with Crippen molar-refractivity contribution in [2.75, 3.05) is 4.90 Å². The van der Waals surface area contributed by atoms with E-state index in [2.05, 4.69) is 4.98 Å². The van der Waals surface area contributed by atoms with Crippen LogP contribution >= 0.6 is 0 Å². The maximum absolute atomic E-state index is 11.3. The number of nitrogens with zero attached hydrogens (tertiary/aromatic N) is 2. The maximum atomic E-state index is 11.3. The first-order chi connectivity index (χ1) is 6.77. The number of primary amides is 1. The van der Waals surface area contributed by atoms with Gasteiger partial charge in [0.2, 0.25) is 0 Å². The molecule has 72 valence electrons. The molecule has 2 amide bonds. The van der Waals surface area contributed by atoms with E-state index in [1.807, 2.05) is 12.1 Å². The number of amides is 2. The molecule has 2 aliphatic heterocycles. The molecule has 4 nitrogen and oxygen atoms in total. The Hall–Kier alpha value is -1.58.